The molecule has 0 unspecified atom stereocenters. The normalized spacial score (nSPS) is 17.9. The Morgan fingerprint density at radius 2 is 1.73 bits per heavy atom. The Hall–Kier alpha value is -1.11. The highest BCUT2D eigenvalue weighted by Gasteiger charge is 2.45. The van der Waals surface area contributed by atoms with E-state index in [-0.39, 0.29) is 5.75 Å². The quantitative estimate of drug-likeness (QED) is 0.684. The molecule has 1 N–H and O–H groups in total. The van der Waals surface area contributed by atoms with Gasteiger partial charge in [0.05, 0.1) is 5.75 Å². The molecule has 0 saturated heterocycles. The Bertz CT molecular complexity index is 494. The van der Waals surface area contributed by atoms with Gasteiger partial charge in [0.1, 0.15) is 11.3 Å². The van der Waals surface area contributed by atoms with Crippen molar-refractivity contribution < 1.29 is 23.1 Å². The van der Waals surface area contributed by atoms with Crippen LogP contribution in [-0.2, 0) is 19.4 Å². The van der Waals surface area contributed by atoms with Crippen molar-refractivity contribution in [3.05, 3.63) is 0 Å². The van der Waals surface area contributed by atoms with Crippen LogP contribution in [0.5, 0.6) is 0 Å². The Balaban J connectivity index is 2.76. The summed E-state index contributed by atoms with van der Waals surface area (Å²) in [5, 5.41) is 9.54. The van der Waals surface area contributed by atoms with E-state index < -0.39 is 33.0 Å². The van der Waals surface area contributed by atoms with Crippen molar-refractivity contribution in [3.8, 4) is 0 Å². The first-order valence-corrected chi connectivity index (χ1v) is 9.78. The molecule has 0 radical (unpaired) electrons. The summed E-state index contributed by atoms with van der Waals surface area (Å²) in [5.74, 6) is -2.25. The molecule has 0 aromatic rings. The van der Waals surface area contributed by atoms with Gasteiger partial charge >= 0.3 is 5.97 Å². The second-order valence-corrected chi connectivity index (χ2v) is 8.33. The van der Waals surface area contributed by atoms with Gasteiger partial charge in [-0.3, -0.25) is 4.79 Å². The average molecular weight is 333 g/mol. The fraction of sp³-hybridized carbons (Fsp3) is 0.867. The van der Waals surface area contributed by atoms with Gasteiger partial charge in [-0.25, -0.2) is 13.2 Å². The van der Waals surface area contributed by atoms with Crippen LogP contribution in [0.15, 0.2) is 0 Å². The van der Waals surface area contributed by atoms with Crippen LogP contribution in [0.25, 0.3) is 0 Å². The molecule has 0 bridgehead atoms. The van der Waals surface area contributed by atoms with Crippen LogP contribution in [0.2, 0.25) is 0 Å². The highest BCUT2D eigenvalue weighted by atomic mass is 32.2. The summed E-state index contributed by atoms with van der Waals surface area (Å²) < 4.78 is 24.0. The number of hydrogen-bond acceptors (Lipinski definition) is 4. The number of carbonyl (C=O) groups excluding carboxylic acids is 1. The molecule has 0 aromatic carbocycles. The lowest BCUT2D eigenvalue weighted by atomic mass is 9.80. The second kappa shape index (κ2) is 7.94. The number of likely N-dealkylation sites (N-methyl/N-ethyl adjacent to an activating group) is 1. The van der Waals surface area contributed by atoms with Crippen molar-refractivity contribution in [1.82, 2.24) is 4.90 Å². The molecule has 0 heterocycles. The number of carboxylic acids is 1. The van der Waals surface area contributed by atoms with E-state index in [1.54, 1.807) is 0 Å². The lowest BCUT2D eigenvalue weighted by Gasteiger charge is -2.41. The highest BCUT2D eigenvalue weighted by Crippen LogP contribution is 2.33. The molecule has 22 heavy (non-hydrogen) atoms. The van der Waals surface area contributed by atoms with Gasteiger partial charge < -0.3 is 10.0 Å². The molecule has 0 aromatic heterocycles. The minimum Gasteiger partial charge on any atom is -0.479 e. The molecular formula is C15H27NO5S. The van der Waals surface area contributed by atoms with E-state index in [2.05, 4.69) is 0 Å². The van der Waals surface area contributed by atoms with Gasteiger partial charge in [0.2, 0.25) is 5.91 Å². The highest BCUT2D eigenvalue weighted by molar-refractivity contribution is 7.92. The molecule has 1 saturated carbocycles. The van der Waals surface area contributed by atoms with Crippen molar-refractivity contribution in [2.24, 2.45) is 0 Å². The van der Waals surface area contributed by atoms with Crippen molar-refractivity contribution in [2.75, 3.05) is 18.6 Å². The molecule has 1 fully saturated rings. The van der Waals surface area contributed by atoms with Crippen LogP contribution in [0.4, 0.5) is 0 Å². The predicted octanol–water partition coefficient (Wildman–Crippen LogP) is 1.84. The second-order valence-electron chi connectivity index (χ2n) is 6.15. The zero-order valence-electron chi connectivity index (χ0n) is 13.5. The molecule has 0 aliphatic heterocycles. The Labute approximate surface area is 132 Å². The average Bonchev–Trinajstić information content (AvgIpc) is 2.46. The Morgan fingerprint density at radius 1 is 1.14 bits per heavy atom. The molecule has 7 heteroatoms. The maximum absolute atomic E-state index is 12.3. The summed E-state index contributed by atoms with van der Waals surface area (Å²) in [4.78, 5) is 25.1. The minimum absolute atomic E-state index is 0.0134. The Kier molecular flexibility index (Phi) is 6.84. The van der Waals surface area contributed by atoms with Crippen LogP contribution >= 0.6 is 0 Å². The molecule has 1 aliphatic carbocycles. The van der Waals surface area contributed by atoms with Crippen molar-refractivity contribution in [3.63, 3.8) is 0 Å². The minimum atomic E-state index is -3.47. The van der Waals surface area contributed by atoms with Crippen LogP contribution in [-0.4, -0.2) is 54.4 Å². The first-order chi connectivity index (χ1) is 10.2. The Morgan fingerprint density at radius 3 is 2.23 bits per heavy atom. The van der Waals surface area contributed by atoms with E-state index in [0.29, 0.717) is 19.3 Å². The first kappa shape index (κ1) is 18.9. The SMILES string of the molecule is CCCCCS(=O)(=O)CC(=O)N(C)C1(C(=O)O)CCCCC1. The first-order valence-electron chi connectivity index (χ1n) is 7.95. The van der Waals surface area contributed by atoms with Gasteiger partial charge in [-0.2, -0.15) is 0 Å². The van der Waals surface area contributed by atoms with Crippen LogP contribution < -0.4 is 0 Å². The summed E-state index contributed by atoms with van der Waals surface area (Å²) in [5.41, 5.74) is -1.24. The van der Waals surface area contributed by atoms with E-state index in [1.807, 2.05) is 6.92 Å². The maximum atomic E-state index is 12.3. The molecular weight excluding hydrogens is 306 g/mol. The summed E-state index contributed by atoms with van der Waals surface area (Å²) in [6.45, 7) is 1.98. The monoisotopic (exact) mass is 333 g/mol. The van der Waals surface area contributed by atoms with Crippen molar-refractivity contribution in [1.29, 1.82) is 0 Å². The van der Waals surface area contributed by atoms with Gasteiger partial charge in [-0.1, -0.05) is 39.0 Å². The van der Waals surface area contributed by atoms with Crippen LogP contribution in [0.1, 0.15) is 58.3 Å². The number of amides is 1. The van der Waals surface area contributed by atoms with E-state index in [1.165, 1.54) is 7.05 Å². The van der Waals surface area contributed by atoms with E-state index in [4.69, 9.17) is 0 Å². The molecule has 1 aliphatic rings. The third-order valence-electron chi connectivity index (χ3n) is 4.50. The van der Waals surface area contributed by atoms with Gasteiger partial charge in [0, 0.05) is 7.05 Å². The number of carboxylic acid groups (broad SMARTS) is 1. The van der Waals surface area contributed by atoms with Crippen LogP contribution in [0, 0.1) is 0 Å². The van der Waals surface area contributed by atoms with Crippen LogP contribution in [0.3, 0.4) is 0 Å². The fourth-order valence-electron chi connectivity index (χ4n) is 3.00. The number of hydrogen-bond donors (Lipinski definition) is 1. The van der Waals surface area contributed by atoms with E-state index in [0.717, 1.165) is 37.0 Å². The summed E-state index contributed by atoms with van der Waals surface area (Å²) >= 11 is 0. The molecule has 1 rings (SSSR count). The molecule has 6 nitrogen and oxygen atoms in total. The predicted molar refractivity (Wildman–Crippen MR) is 84.4 cm³/mol. The lowest BCUT2D eigenvalue weighted by Crippen LogP contribution is -2.57. The standard InChI is InChI=1S/C15H27NO5S/c1-3-4-8-11-22(20,21)12-13(17)16(2)15(14(18)19)9-6-5-7-10-15/h3-12H2,1-2H3,(H,18,19). The number of carbonyl (C=O) groups is 2. The number of nitrogens with zero attached hydrogens (tertiary/aromatic N) is 1. The number of sulfone groups is 1. The summed E-state index contributed by atoms with van der Waals surface area (Å²) in [7, 11) is -2.05. The third kappa shape index (κ3) is 4.69. The number of aliphatic carboxylic acids is 1. The maximum Gasteiger partial charge on any atom is 0.329 e. The van der Waals surface area contributed by atoms with Gasteiger partial charge in [-0.05, 0) is 19.3 Å². The van der Waals surface area contributed by atoms with Crippen molar-refractivity contribution in [2.45, 2.75) is 63.8 Å². The zero-order chi connectivity index (χ0) is 16.8. The largest absolute Gasteiger partial charge is 0.479 e. The van der Waals surface area contributed by atoms with E-state index >= 15 is 0 Å². The smallest absolute Gasteiger partial charge is 0.329 e. The summed E-state index contributed by atoms with van der Waals surface area (Å²) in [6, 6.07) is 0. The zero-order valence-corrected chi connectivity index (χ0v) is 14.3. The van der Waals surface area contributed by atoms with Crippen molar-refractivity contribution >= 4 is 21.7 Å². The summed E-state index contributed by atoms with van der Waals surface area (Å²) in [6.07, 6.45) is 5.47. The number of unbranched alkanes of at least 4 members (excludes halogenated alkanes) is 2. The number of rotatable bonds is 8. The molecule has 1 amide bonds. The molecule has 128 valence electrons. The van der Waals surface area contributed by atoms with Gasteiger partial charge in [0.25, 0.3) is 0 Å². The van der Waals surface area contributed by atoms with Gasteiger partial charge in [0.15, 0.2) is 9.84 Å². The molecule has 0 atom stereocenters. The van der Waals surface area contributed by atoms with E-state index in [9.17, 15) is 23.1 Å². The fourth-order valence-corrected chi connectivity index (χ4v) is 4.36. The third-order valence-corrected chi connectivity index (χ3v) is 6.09. The topological polar surface area (TPSA) is 91.8 Å². The van der Waals surface area contributed by atoms with Gasteiger partial charge in [-0.15, -0.1) is 0 Å². The molecule has 0 spiro atoms. The lowest BCUT2D eigenvalue weighted by molar-refractivity contribution is -0.159.